The predicted octanol–water partition coefficient (Wildman–Crippen LogP) is 1.64. The molecular formula is C14H23NO2. The highest BCUT2D eigenvalue weighted by Gasteiger charge is 2.23. The highest BCUT2D eigenvalue weighted by molar-refractivity contribution is 5.28. The van der Waals surface area contributed by atoms with Gasteiger partial charge in [-0.2, -0.15) is 0 Å². The lowest BCUT2D eigenvalue weighted by molar-refractivity contribution is 0.0677. The van der Waals surface area contributed by atoms with Crippen LogP contribution in [0.25, 0.3) is 0 Å². The second-order valence-corrected chi connectivity index (χ2v) is 5.09. The Morgan fingerprint density at radius 3 is 2.35 bits per heavy atom. The molecule has 3 heteroatoms. The summed E-state index contributed by atoms with van der Waals surface area (Å²) in [5.74, 6) is 0. The zero-order valence-corrected chi connectivity index (χ0v) is 10.9. The summed E-state index contributed by atoms with van der Waals surface area (Å²) in [5.41, 5.74) is 2.05. The van der Waals surface area contributed by atoms with Crippen LogP contribution in [0.15, 0.2) is 24.3 Å². The number of nitrogens with one attached hydrogen (secondary N) is 1. The maximum atomic E-state index is 9.22. The molecule has 0 spiro atoms. The van der Waals surface area contributed by atoms with E-state index in [4.69, 9.17) is 0 Å². The number of aliphatic hydroxyl groups excluding tert-OH is 2. The van der Waals surface area contributed by atoms with Crippen molar-refractivity contribution in [3.05, 3.63) is 35.4 Å². The maximum Gasteiger partial charge on any atom is 0.0519 e. The smallest absolute Gasteiger partial charge is 0.0519 e. The van der Waals surface area contributed by atoms with Gasteiger partial charge in [-0.3, -0.25) is 0 Å². The summed E-state index contributed by atoms with van der Waals surface area (Å²) in [5, 5.41) is 21.8. The van der Waals surface area contributed by atoms with E-state index in [2.05, 4.69) is 31.3 Å². The van der Waals surface area contributed by atoms with Crippen LogP contribution in [0, 0.1) is 12.3 Å². The molecule has 1 rings (SSSR count). The Labute approximate surface area is 103 Å². The van der Waals surface area contributed by atoms with E-state index >= 15 is 0 Å². The minimum atomic E-state index is -0.461. The van der Waals surface area contributed by atoms with Gasteiger partial charge in [0.2, 0.25) is 0 Å². The van der Waals surface area contributed by atoms with Gasteiger partial charge in [-0.1, -0.05) is 31.2 Å². The summed E-state index contributed by atoms with van der Waals surface area (Å²) in [6.07, 6.45) is 0. The van der Waals surface area contributed by atoms with E-state index in [1.54, 1.807) is 0 Å². The second kappa shape index (κ2) is 6.15. The zero-order chi connectivity index (χ0) is 12.9. The molecule has 0 fully saturated rings. The van der Waals surface area contributed by atoms with Gasteiger partial charge in [0.15, 0.2) is 0 Å². The normalized spacial score (nSPS) is 13.7. The molecule has 0 radical (unpaired) electrons. The largest absolute Gasteiger partial charge is 0.396 e. The van der Waals surface area contributed by atoms with Gasteiger partial charge in [-0.15, -0.1) is 0 Å². The fraction of sp³-hybridized carbons (Fsp3) is 0.571. The first-order chi connectivity index (χ1) is 8.02. The third kappa shape index (κ3) is 3.80. The zero-order valence-electron chi connectivity index (χ0n) is 10.9. The van der Waals surface area contributed by atoms with Crippen LogP contribution < -0.4 is 5.32 Å². The first kappa shape index (κ1) is 14.2. The molecule has 0 amide bonds. The first-order valence-electron chi connectivity index (χ1n) is 6.03. The molecule has 0 aliphatic heterocycles. The Morgan fingerprint density at radius 1 is 1.24 bits per heavy atom. The van der Waals surface area contributed by atoms with Crippen LogP contribution in [0.1, 0.15) is 31.0 Å². The Balaban J connectivity index is 2.62. The van der Waals surface area contributed by atoms with Crippen LogP contribution in [-0.2, 0) is 0 Å². The van der Waals surface area contributed by atoms with E-state index < -0.39 is 5.41 Å². The van der Waals surface area contributed by atoms with E-state index in [-0.39, 0.29) is 19.3 Å². The van der Waals surface area contributed by atoms with Gasteiger partial charge >= 0.3 is 0 Å². The summed E-state index contributed by atoms with van der Waals surface area (Å²) in [4.78, 5) is 0. The molecule has 0 aliphatic rings. The maximum absolute atomic E-state index is 9.22. The lowest BCUT2D eigenvalue weighted by Crippen LogP contribution is -2.39. The molecule has 17 heavy (non-hydrogen) atoms. The Morgan fingerprint density at radius 2 is 1.82 bits per heavy atom. The Hall–Kier alpha value is -0.900. The average molecular weight is 237 g/mol. The van der Waals surface area contributed by atoms with Gasteiger partial charge in [0.1, 0.15) is 0 Å². The van der Waals surface area contributed by atoms with E-state index in [0.717, 1.165) is 0 Å². The van der Waals surface area contributed by atoms with Crippen LogP contribution >= 0.6 is 0 Å². The van der Waals surface area contributed by atoms with Gasteiger partial charge in [0, 0.05) is 18.0 Å². The number of benzene rings is 1. The molecule has 96 valence electrons. The summed E-state index contributed by atoms with van der Waals surface area (Å²) in [6.45, 7) is 6.61. The molecule has 1 aromatic rings. The van der Waals surface area contributed by atoms with Crippen molar-refractivity contribution in [2.24, 2.45) is 5.41 Å². The third-order valence-electron chi connectivity index (χ3n) is 3.25. The average Bonchev–Trinajstić information content (AvgIpc) is 2.36. The van der Waals surface area contributed by atoms with Crippen molar-refractivity contribution in [2.45, 2.75) is 26.8 Å². The van der Waals surface area contributed by atoms with Gasteiger partial charge in [0.05, 0.1) is 13.2 Å². The molecule has 0 saturated heterocycles. The van der Waals surface area contributed by atoms with Crippen molar-refractivity contribution < 1.29 is 10.2 Å². The molecule has 1 atom stereocenters. The SMILES string of the molecule is Cc1ccccc1[C@@H](C)NCC(C)(CO)CO. The number of aryl methyl sites for hydroxylation is 1. The highest BCUT2D eigenvalue weighted by atomic mass is 16.3. The minimum Gasteiger partial charge on any atom is -0.396 e. The van der Waals surface area contributed by atoms with Crippen LogP contribution in [0.2, 0.25) is 0 Å². The molecule has 3 N–H and O–H groups in total. The van der Waals surface area contributed by atoms with Crippen LogP contribution in [0.5, 0.6) is 0 Å². The quantitative estimate of drug-likeness (QED) is 0.705. The number of rotatable bonds is 6. The second-order valence-electron chi connectivity index (χ2n) is 5.09. The van der Waals surface area contributed by atoms with Crippen molar-refractivity contribution in [3.8, 4) is 0 Å². The van der Waals surface area contributed by atoms with Crippen molar-refractivity contribution in [1.29, 1.82) is 0 Å². The van der Waals surface area contributed by atoms with Crippen molar-refractivity contribution in [3.63, 3.8) is 0 Å². The van der Waals surface area contributed by atoms with E-state index in [0.29, 0.717) is 6.54 Å². The molecule has 0 saturated carbocycles. The molecule has 0 aromatic heterocycles. The number of hydrogen-bond donors (Lipinski definition) is 3. The monoisotopic (exact) mass is 237 g/mol. The number of hydrogen-bond acceptors (Lipinski definition) is 3. The molecule has 0 aliphatic carbocycles. The Bertz CT molecular complexity index is 348. The van der Waals surface area contributed by atoms with Crippen molar-refractivity contribution in [1.82, 2.24) is 5.32 Å². The van der Waals surface area contributed by atoms with Gasteiger partial charge in [-0.25, -0.2) is 0 Å². The lowest BCUT2D eigenvalue weighted by atomic mass is 9.92. The van der Waals surface area contributed by atoms with Crippen molar-refractivity contribution in [2.75, 3.05) is 19.8 Å². The van der Waals surface area contributed by atoms with Crippen LogP contribution in [0.4, 0.5) is 0 Å². The summed E-state index contributed by atoms with van der Waals surface area (Å²) >= 11 is 0. The fourth-order valence-electron chi connectivity index (χ4n) is 1.74. The van der Waals surface area contributed by atoms with Crippen LogP contribution in [-0.4, -0.2) is 30.0 Å². The van der Waals surface area contributed by atoms with E-state index in [1.807, 2.05) is 19.1 Å². The van der Waals surface area contributed by atoms with Gasteiger partial charge < -0.3 is 15.5 Å². The summed E-state index contributed by atoms with van der Waals surface area (Å²) < 4.78 is 0. The fourth-order valence-corrected chi connectivity index (χ4v) is 1.74. The van der Waals surface area contributed by atoms with Crippen molar-refractivity contribution >= 4 is 0 Å². The topological polar surface area (TPSA) is 52.5 Å². The lowest BCUT2D eigenvalue weighted by Gasteiger charge is -2.27. The third-order valence-corrected chi connectivity index (χ3v) is 3.25. The first-order valence-corrected chi connectivity index (χ1v) is 6.03. The summed E-state index contributed by atoms with van der Waals surface area (Å²) in [7, 11) is 0. The van der Waals surface area contributed by atoms with Gasteiger partial charge in [0.25, 0.3) is 0 Å². The van der Waals surface area contributed by atoms with E-state index in [9.17, 15) is 10.2 Å². The standard InChI is InChI=1S/C14H23NO2/c1-11-6-4-5-7-13(11)12(2)15-8-14(3,9-16)10-17/h4-7,12,15-17H,8-10H2,1-3H3/t12-/m1/s1. The van der Waals surface area contributed by atoms with E-state index in [1.165, 1.54) is 11.1 Å². The molecule has 1 aromatic carbocycles. The predicted molar refractivity (Wildman–Crippen MR) is 69.9 cm³/mol. The molecular weight excluding hydrogens is 214 g/mol. The van der Waals surface area contributed by atoms with Crippen LogP contribution in [0.3, 0.4) is 0 Å². The number of aliphatic hydroxyl groups is 2. The highest BCUT2D eigenvalue weighted by Crippen LogP contribution is 2.19. The summed E-state index contributed by atoms with van der Waals surface area (Å²) in [6, 6.07) is 8.45. The molecule has 0 bridgehead atoms. The minimum absolute atomic E-state index is 0.0169. The Kier molecular flexibility index (Phi) is 5.12. The van der Waals surface area contributed by atoms with Gasteiger partial charge in [-0.05, 0) is 25.0 Å². The molecule has 0 heterocycles. The molecule has 0 unspecified atom stereocenters. The molecule has 3 nitrogen and oxygen atoms in total.